The maximum absolute atomic E-state index is 3.66. The Morgan fingerprint density at radius 3 is 3.00 bits per heavy atom. The first kappa shape index (κ1) is 6.58. The Bertz CT molecular complexity index is 327. The molecule has 0 amide bonds. The van der Waals surface area contributed by atoms with Gasteiger partial charge in [0.1, 0.15) is 0 Å². The molecule has 0 aliphatic carbocycles. The van der Waals surface area contributed by atoms with Crippen LogP contribution in [0.2, 0.25) is 0 Å². The van der Waals surface area contributed by atoms with Crippen LogP contribution in [-0.2, 0) is 0 Å². The summed E-state index contributed by atoms with van der Waals surface area (Å²) in [5.41, 5.74) is 0. The summed E-state index contributed by atoms with van der Waals surface area (Å²) in [6, 6.07) is 1.64. The van der Waals surface area contributed by atoms with Crippen LogP contribution in [0.3, 0.4) is 0 Å². The number of tetrazole rings is 1. The number of aromatic nitrogens is 7. The Morgan fingerprint density at radius 1 is 1.33 bits per heavy atom. The fourth-order valence-corrected chi connectivity index (χ4v) is 0.637. The fraction of sp³-hybridized carbons (Fsp3) is 0. The third kappa shape index (κ3) is 1.31. The molecular weight excluding hydrogens is 160 g/mol. The molecule has 8 heteroatoms. The van der Waals surface area contributed by atoms with Crippen LogP contribution >= 0.6 is 0 Å². The molecular formula is C4H4N8. The lowest BCUT2D eigenvalue weighted by atomic mass is 10.6. The first-order valence-corrected chi connectivity index (χ1v) is 3.10. The Morgan fingerprint density at radius 2 is 2.33 bits per heavy atom. The second-order valence-electron chi connectivity index (χ2n) is 1.87. The second kappa shape index (κ2) is 2.86. The molecule has 0 atom stereocenters. The zero-order valence-electron chi connectivity index (χ0n) is 5.84. The van der Waals surface area contributed by atoms with Crippen molar-refractivity contribution in [2.24, 2.45) is 0 Å². The molecule has 0 spiro atoms. The smallest absolute Gasteiger partial charge is 0.268 e. The van der Waals surface area contributed by atoms with Crippen molar-refractivity contribution in [3.05, 3.63) is 12.3 Å². The number of nitrogens with one attached hydrogen (secondary N) is 2. The van der Waals surface area contributed by atoms with E-state index in [9.17, 15) is 0 Å². The standard InChI is InChI=1S/C4H4N8/c1-2-5-10-7-3(1)6-4-8-11-12-9-4/h1-2H,(H2,5,6,7,8,9,11,12). The van der Waals surface area contributed by atoms with Crippen molar-refractivity contribution in [3.63, 3.8) is 0 Å². The van der Waals surface area contributed by atoms with E-state index < -0.39 is 0 Å². The lowest BCUT2D eigenvalue weighted by Gasteiger charge is -1.94. The molecule has 0 aromatic carbocycles. The molecule has 0 aliphatic rings. The van der Waals surface area contributed by atoms with Crippen molar-refractivity contribution in [1.82, 2.24) is 36.0 Å². The van der Waals surface area contributed by atoms with Crippen molar-refractivity contribution >= 4 is 11.8 Å². The van der Waals surface area contributed by atoms with Crippen LogP contribution in [0.25, 0.3) is 0 Å². The van der Waals surface area contributed by atoms with Gasteiger partial charge in [0.05, 0.1) is 6.20 Å². The number of nitrogens with zero attached hydrogens (tertiary/aromatic N) is 6. The molecule has 0 aliphatic heterocycles. The molecule has 0 unspecified atom stereocenters. The summed E-state index contributed by atoms with van der Waals surface area (Å²) in [6.07, 6.45) is 1.51. The van der Waals surface area contributed by atoms with Gasteiger partial charge in [-0.15, -0.1) is 15.3 Å². The van der Waals surface area contributed by atoms with Crippen molar-refractivity contribution in [1.29, 1.82) is 0 Å². The Hall–Kier alpha value is -2.12. The monoisotopic (exact) mass is 164 g/mol. The average molecular weight is 164 g/mol. The summed E-state index contributed by atoms with van der Waals surface area (Å²) >= 11 is 0. The molecule has 0 saturated heterocycles. The van der Waals surface area contributed by atoms with E-state index in [4.69, 9.17) is 0 Å². The van der Waals surface area contributed by atoms with Crippen LogP contribution in [-0.4, -0.2) is 36.0 Å². The van der Waals surface area contributed by atoms with Gasteiger partial charge in [0.25, 0.3) is 5.95 Å². The molecule has 0 radical (unpaired) electrons. The molecule has 2 rings (SSSR count). The van der Waals surface area contributed by atoms with E-state index in [1.165, 1.54) is 6.20 Å². The maximum Gasteiger partial charge on any atom is 0.268 e. The van der Waals surface area contributed by atoms with Crippen LogP contribution in [0.1, 0.15) is 0 Å². The zero-order valence-corrected chi connectivity index (χ0v) is 5.84. The highest BCUT2D eigenvalue weighted by atomic mass is 15.5. The van der Waals surface area contributed by atoms with Gasteiger partial charge >= 0.3 is 0 Å². The second-order valence-corrected chi connectivity index (χ2v) is 1.87. The normalized spacial score (nSPS) is 9.67. The van der Waals surface area contributed by atoms with Crippen molar-refractivity contribution in [3.8, 4) is 0 Å². The van der Waals surface area contributed by atoms with E-state index >= 15 is 0 Å². The number of rotatable bonds is 2. The van der Waals surface area contributed by atoms with Crippen LogP contribution in [0.5, 0.6) is 0 Å². The molecule has 12 heavy (non-hydrogen) atoms. The summed E-state index contributed by atoms with van der Waals surface area (Å²) in [4.78, 5) is 0. The zero-order chi connectivity index (χ0) is 8.23. The van der Waals surface area contributed by atoms with Gasteiger partial charge in [-0.05, 0) is 10.4 Å². The minimum Gasteiger partial charge on any atom is -0.305 e. The SMILES string of the molecule is c1cc(Nc2nn[nH]n2)nnn1. The van der Waals surface area contributed by atoms with Crippen LogP contribution in [0.4, 0.5) is 11.8 Å². The Labute approximate surface area is 66.4 Å². The molecule has 2 aromatic rings. The number of anilines is 2. The van der Waals surface area contributed by atoms with Crippen molar-refractivity contribution in [2.45, 2.75) is 0 Å². The highest BCUT2D eigenvalue weighted by Gasteiger charge is 1.97. The number of H-pyrrole nitrogens is 1. The summed E-state index contributed by atoms with van der Waals surface area (Å²) in [5.74, 6) is 0.863. The van der Waals surface area contributed by atoms with Gasteiger partial charge in [0.15, 0.2) is 5.82 Å². The molecule has 0 bridgehead atoms. The molecule has 0 saturated carbocycles. The van der Waals surface area contributed by atoms with Crippen LogP contribution < -0.4 is 5.32 Å². The van der Waals surface area contributed by atoms with Gasteiger partial charge in [-0.3, -0.25) is 0 Å². The first-order chi connectivity index (χ1) is 5.95. The van der Waals surface area contributed by atoms with Gasteiger partial charge < -0.3 is 5.32 Å². The third-order valence-corrected chi connectivity index (χ3v) is 1.09. The summed E-state index contributed by atoms with van der Waals surface area (Å²) < 4.78 is 0. The first-order valence-electron chi connectivity index (χ1n) is 3.10. The number of hydrogen-bond donors (Lipinski definition) is 2. The van der Waals surface area contributed by atoms with Gasteiger partial charge in [0.2, 0.25) is 0 Å². The van der Waals surface area contributed by atoms with Gasteiger partial charge in [-0.2, -0.15) is 5.21 Å². The van der Waals surface area contributed by atoms with E-state index in [-0.39, 0.29) is 0 Å². The molecule has 8 nitrogen and oxygen atoms in total. The molecule has 2 N–H and O–H groups in total. The lowest BCUT2D eigenvalue weighted by Crippen LogP contribution is -1.97. The van der Waals surface area contributed by atoms with Crippen molar-refractivity contribution in [2.75, 3.05) is 5.32 Å². The van der Waals surface area contributed by atoms with Crippen molar-refractivity contribution < 1.29 is 0 Å². The predicted molar refractivity (Wildman–Crippen MR) is 37.3 cm³/mol. The maximum atomic E-state index is 3.66. The van der Waals surface area contributed by atoms with E-state index in [1.807, 2.05) is 0 Å². The highest BCUT2D eigenvalue weighted by Crippen LogP contribution is 2.02. The molecule has 2 heterocycles. The van der Waals surface area contributed by atoms with Crippen LogP contribution in [0.15, 0.2) is 12.3 Å². The van der Waals surface area contributed by atoms with Gasteiger partial charge in [-0.1, -0.05) is 5.10 Å². The molecule has 0 fully saturated rings. The van der Waals surface area contributed by atoms with Gasteiger partial charge in [0, 0.05) is 6.07 Å². The summed E-state index contributed by atoms with van der Waals surface area (Å²) in [7, 11) is 0. The highest BCUT2D eigenvalue weighted by molar-refractivity contribution is 5.43. The van der Waals surface area contributed by atoms with E-state index in [2.05, 4.69) is 41.4 Å². The minimum absolute atomic E-state index is 0.343. The van der Waals surface area contributed by atoms with Crippen LogP contribution in [0, 0.1) is 0 Å². The number of aromatic amines is 1. The minimum atomic E-state index is 0.343. The Kier molecular flexibility index (Phi) is 1.57. The molecule has 2 aromatic heterocycles. The van der Waals surface area contributed by atoms with Gasteiger partial charge in [-0.25, -0.2) is 0 Å². The van der Waals surface area contributed by atoms with E-state index in [1.54, 1.807) is 6.07 Å². The summed E-state index contributed by atoms with van der Waals surface area (Å²) in [5, 5.41) is 26.3. The largest absolute Gasteiger partial charge is 0.305 e. The number of hydrogen-bond acceptors (Lipinski definition) is 7. The average Bonchev–Trinajstić information content (AvgIpc) is 2.59. The fourth-order valence-electron chi connectivity index (χ4n) is 0.637. The van der Waals surface area contributed by atoms with E-state index in [0.717, 1.165) is 0 Å². The van der Waals surface area contributed by atoms with E-state index in [0.29, 0.717) is 11.8 Å². The predicted octanol–water partition coefficient (Wildman–Crippen LogP) is -0.872. The quantitative estimate of drug-likeness (QED) is 0.594. The molecule has 60 valence electrons. The Balaban J connectivity index is 2.15. The third-order valence-electron chi connectivity index (χ3n) is 1.09. The summed E-state index contributed by atoms with van der Waals surface area (Å²) in [6.45, 7) is 0. The lowest BCUT2D eigenvalue weighted by molar-refractivity contribution is 0.869. The topological polar surface area (TPSA) is 105 Å².